The molecule has 0 unspecified atom stereocenters. The van der Waals surface area contributed by atoms with Gasteiger partial charge in [-0.3, -0.25) is 4.79 Å². The molecule has 1 amide bonds. The molecule has 0 spiro atoms. The predicted octanol–water partition coefficient (Wildman–Crippen LogP) is 2.08. The van der Waals surface area contributed by atoms with E-state index in [1.807, 2.05) is 18.2 Å². The monoisotopic (exact) mass is 257 g/mol. The highest BCUT2D eigenvalue weighted by molar-refractivity contribution is 5.91. The van der Waals surface area contributed by atoms with Gasteiger partial charge in [0.15, 0.2) is 0 Å². The summed E-state index contributed by atoms with van der Waals surface area (Å²) in [5.74, 6) is 0.508. The number of hydrogen-bond donors (Lipinski definition) is 2. The molecule has 19 heavy (non-hydrogen) atoms. The van der Waals surface area contributed by atoms with E-state index in [-0.39, 0.29) is 12.3 Å². The Morgan fingerprint density at radius 2 is 2.00 bits per heavy atom. The van der Waals surface area contributed by atoms with Crippen LogP contribution in [0.1, 0.15) is 24.8 Å². The summed E-state index contributed by atoms with van der Waals surface area (Å²) in [5.41, 5.74) is 2.07. The number of rotatable bonds is 4. The van der Waals surface area contributed by atoms with Crippen LogP contribution in [-0.2, 0) is 11.2 Å². The molecule has 1 aromatic carbocycles. The first-order valence-electron chi connectivity index (χ1n) is 6.74. The summed E-state index contributed by atoms with van der Waals surface area (Å²) in [6.07, 6.45) is 3.48. The Labute approximate surface area is 113 Å². The molecule has 1 heterocycles. The number of amides is 1. The van der Waals surface area contributed by atoms with Crippen LogP contribution in [0.2, 0.25) is 0 Å². The van der Waals surface area contributed by atoms with E-state index < -0.39 is 0 Å². The Balaban J connectivity index is 1.87. The van der Waals surface area contributed by atoms with Gasteiger partial charge in [0.1, 0.15) is 6.42 Å². The van der Waals surface area contributed by atoms with Crippen LogP contribution >= 0.6 is 0 Å². The number of carbonyl (C=O) groups is 1. The number of nitrogens with zero attached hydrogens (tertiary/aromatic N) is 1. The van der Waals surface area contributed by atoms with Crippen LogP contribution in [-0.4, -0.2) is 19.0 Å². The lowest BCUT2D eigenvalue weighted by atomic mass is 9.91. The van der Waals surface area contributed by atoms with Crippen LogP contribution in [0.5, 0.6) is 0 Å². The summed E-state index contributed by atoms with van der Waals surface area (Å²) in [6, 6.07) is 9.77. The molecule has 0 aliphatic carbocycles. The van der Waals surface area contributed by atoms with Gasteiger partial charge in [0, 0.05) is 5.69 Å². The number of nitriles is 1. The topological polar surface area (TPSA) is 64.9 Å². The third-order valence-electron chi connectivity index (χ3n) is 3.46. The molecule has 100 valence electrons. The average Bonchev–Trinajstić information content (AvgIpc) is 2.42. The van der Waals surface area contributed by atoms with E-state index in [1.54, 1.807) is 0 Å². The van der Waals surface area contributed by atoms with Crippen molar-refractivity contribution in [3.05, 3.63) is 29.8 Å². The van der Waals surface area contributed by atoms with Crippen molar-refractivity contribution in [1.82, 2.24) is 5.32 Å². The van der Waals surface area contributed by atoms with Crippen LogP contribution in [0.3, 0.4) is 0 Å². The van der Waals surface area contributed by atoms with Crippen molar-refractivity contribution >= 4 is 11.6 Å². The van der Waals surface area contributed by atoms with Crippen LogP contribution in [0.4, 0.5) is 5.69 Å². The van der Waals surface area contributed by atoms with Gasteiger partial charge in [-0.25, -0.2) is 0 Å². The summed E-state index contributed by atoms with van der Waals surface area (Å²) in [7, 11) is 0. The molecule has 1 aromatic rings. The summed E-state index contributed by atoms with van der Waals surface area (Å²) in [6.45, 7) is 2.24. The molecule has 0 saturated carbocycles. The predicted molar refractivity (Wildman–Crippen MR) is 74.6 cm³/mol. The summed E-state index contributed by atoms with van der Waals surface area (Å²) in [5, 5.41) is 14.5. The van der Waals surface area contributed by atoms with E-state index in [0.717, 1.165) is 31.1 Å². The first kappa shape index (κ1) is 13.6. The molecule has 2 N–H and O–H groups in total. The minimum Gasteiger partial charge on any atom is -0.325 e. The Morgan fingerprint density at radius 1 is 1.32 bits per heavy atom. The summed E-state index contributed by atoms with van der Waals surface area (Å²) < 4.78 is 0. The second-order valence-corrected chi connectivity index (χ2v) is 4.98. The molecule has 0 atom stereocenters. The second-order valence-electron chi connectivity index (χ2n) is 4.98. The number of piperidine rings is 1. The standard InChI is InChI=1S/C15H19N3O/c16-8-5-15(19)18-14-3-1-12(2-4-14)11-13-6-9-17-10-7-13/h1-4,13,17H,5-7,9-11H2,(H,18,19). The smallest absolute Gasteiger partial charge is 0.238 e. The molecule has 4 heteroatoms. The number of hydrogen-bond acceptors (Lipinski definition) is 3. The SMILES string of the molecule is N#CCC(=O)Nc1ccc(CC2CCNCC2)cc1. The van der Waals surface area contributed by atoms with Gasteiger partial charge in [-0.15, -0.1) is 0 Å². The molecule has 2 rings (SSSR count). The zero-order valence-electron chi connectivity index (χ0n) is 11.0. The quantitative estimate of drug-likeness (QED) is 0.868. The van der Waals surface area contributed by atoms with Crippen molar-refractivity contribution in [1.29, 1.82) is 5.26 Å². The fraction of sp³-hybridized carbons (Fsp3) is 0.467. The number of benzene rings is 1. The van der Waals surface area contributed by atoms with E-state index in [2.05, 4.69) is 22.8 Å². The van der Waals surface area contributed by atoms with Crippen molar-refractivity contribution in [3.63, 3.8) is 0 Å². The average molecular weight is 257 g/mol. The van der Waals surface area contributed by atoms with Gasteiger partial charge >= 0.3 is 0 Å². The normalized spacial score (nSPS) is 15.7. The maximum absolute atomic E-state index is 11.3. The molecule has 1 fully saturated rings. The van der Waals surface area contributed by atoms with Crippen molar-refractivity contribution < 1.29 is 4.79 Å². The zero-order chi connectivity index (χ0) is 13.5. The first-order valence-corrected chi connectivity index (χ1v) is 6.74. The Morgan fingerprint density at radius 3 is 2.63 bits per heavy atom. The van der Waals surface area contributed by atoms with E-state index in [9.17, 15) is 4.79 Å². The highest BCUT2D eigenvalue weighted by Gasteiger charge is 2.13. The van der Waals surface area contributed by atoms with E-state index >= 15 is 0 Å². The molecular formula is C15H19N3O. The molecule has 1 saturated heterocycles. The van der Waals surface area contributed by atoms with Gasteiger partial charge in [0.25, 0.3) is 0 Å². The number of nitrogens with one attached hydrogen (secondary N) is 2. The van der Waals surface area contributed by atoms with Gasteiger partial charge in [0.05, 0.1) is 6.07 Å². The van der Waals surface area contributed by atoms with Crippen LogP contribution < -0.4 is 10.6 Å². The van der Waals surface area contributed by atoms with Crippen molar-refractivity contribution in [2.45, 2.75) is 25.7 Å². The molecule has 0 aromatic heterocycles. The molecule has 0 radical (unpaired) electrons. The van der Waals surface area contributed by atoms with Gasteiger partial charge < -0.3 is 10.6 Å². The number of anilines is 1. The van der Waals surface area contributed by atoms with Crippen LogP contribution in [0.25, 0.3) is 0 Å². The second kappa shape index (κ2) is 6.91. The highest BCUT2D eigenvalue weighted by Crippen LogP contribution is 2.19. The largest absolute Gasteiger partial charge is 0.325 e. The zero-order valence-corrected chi connectivity index (χ0v) is 11.0. The lowest BCUT2D eigenvalue weighted by Gasteiger charge is -2.22. The molecule has 0 bridgehead atoms. The first-order chi connectivity index (χ1) is 9.28. The van der Waals surface area contributed by atoms with Gasteiger partial charge in [0.2, 0.25) is 5.91 Å². The van der Waals surface area contributed by atoms with E-state index in [4.69, 9.17) is 5.26 Å². The van der Waals surface area contributed by atoms with Crippen LogP contribution in [0.15, 0.2) is 24.3 Å². The minimum atomic E-state index is -0.256. The van der Waals surface area contributed by atoms with Crippen LogP contribution in [0, 0.1) is 17.2 Å². The highest BCUT2D eigenvalue weighted by atomic mass is 16.1. The van der Waals surface area contributed by atoms with E-state index in [0.29, 0.717) is 0 Å². The van der Waals surface area contributed by atoms with Gasteiger partial charge in [-0.05, 0) is 56.0 Å². The van der Waals surface area contributed by atoms with E-state index in [1.165, 1.54) is 18.4 Å². The third-order valence-corrected chi connectivity index (χ3v) is 3.46. The molecular weight excluding hydrogens is 238 g/mol. The molecule has 1 aliphatic rings. The Kier molecular flexibility index (Phi) is 4.93. The Bertz CT molecular complexity index is 455. The number of carbonyl (C=O) groups excluding carboxylic acids is 1. The fourth-order valence-electron chi connectivity index (χ4n) is 2.42. The maximum Gasteiger partial charge on any atom is 0.238 e. The van der Waals surface area contributed by atoms with Gasteiger partial charge in [-0.2, -0.15) is 5.26 Å². The van der Waals surface area contributed by atoms with Crippen molar-refractivity contribution in [2.24, 2.45) is 5.92 Å². The Hall–Kier alpha value is -1.86. The maximum atomic E-state index is 11.3. The fourth-order valence-corrected chi connectivity index (χ4v) is 2.42. The summed E-state index contributed by atoms with van der Waals surface area (Å²) in [4.78, 5) is 11.3. The minimum absolute atomic E-state index is 0.100. The molecule has 4 nitrogen and oxygen atoms in total. The lowest BCUT2D eigenvalue weighted by molar-refractivity contribution is -0.115. The van der Waals surface area contributed by atoms with Crippen molar-refractivity contribution in [3.8, 4) is 6.07 Å². The molecule has 1 aliphatic heterocycles. The van der Waals surface area contributed by atoms with Crippen molar-refractivity contribution in [2.75, 3.05) is 18.4 Å². The third kappa shape index (κ3) is 4.38. The summed E-state index contributed by atoms with van der Waals surface area (Å²) >= 11 is 0. The van der Waals surface area contributed by atoms with Gasteiger partial charge in [-0.1, -0.05) is 12.1 Å². The lowest BCUT2D eigenvalue weighted by Crippen LogP contribution is -2.28.